The van der Waals surface area contributed by atoms with Crippen molar-refractivity contribution in [1.82, 2.24) is 10.3 Å². The highest BCUT2D eigenvalue weighted by Crippen LogP contribution is 2.21. The fourth-order valence-electron chi connectivity index (χ4n) is 2.81. The van der Waals surface area contributed by atoms with Crippen molar-refractivity contribution in [2.24, 2.45) is 0 Å². The van der Waals surface area contributed by atoms with Gasteiger partial charge in [0.15, 0.2) is 0 Å². The topological polar surface area (TPSA) is 54.0 Å². The number of aromatic nitrogens is 1. The Hall–Kier alpha value is -3.14. The van der Waals surface area contributed by atoms with Crippen molar-refractivity contribution in [3.63, 3.8) is 0 Å². The molecular formula is C22H23N3O. The summed E-state index contributed by atoms with van der Waals surface area (Å²) in [4.78, 5) is 16.7. The highest BCUT2D eigenvalue weighted by atomic mass is 16.1. The first-order valence-corrected chi connectivity index (χ1v) is 8.81. The number of para-hydroxylation sites is 1. The number of rotatable bonds is 6. The van der Waals surface area contributed by atoms with Crippen molar-refractivity contribution in [2.45, 2.75) is 26.8 Å². The molecular weight excluding hydrogens is 322 g/mol. The number of pyridine rings is 1. The van der Waals surface area contributed by atoms with E-state index in [4.69, 9.17) is 0 Å². The van der Waals surface area contributed by atoms with Crippen LogP contribution in [0.3, 0.4) is 0 Å². The Bertz CT molecular complexity index is 905. The SMILES string of the molecule is CCc1ccccc1Nc1ccnc(C(=O)NCc2ccccc2C)c1. The lowest BCUT2D eigenvalue weighted by Gasteiger charge is -2.12. The quantitative estimate of drug-likeness (QED) is 0.685. The molecule has 0 saturated heterocycles. The van der Waals surface area contributed by atoms with Gasteiger partial charge >= 0.3 is 0 Å². The van der Waals surface area contributed by atoms with Crippen molar-refractivity contribution < 1.29 is 4.79 Å². The van der Waals surface area contributed by atoms with Crippen LogP contribution in [0.4, 0.5) is 11.4 Å². The normalized spacial score (nSPS) is 10.4. The fraction of sp³-hybridized carbons (Fsp3) is 0.182. The van der Waals surface area contributed by atoms with Gasteiger partial charge in [0.1, 0.15) is 5.69 Å². The second-order valence-corrected chi connectivity index (χ2v) is 6.17. The van der Waals surface area contributed by atoms with Crippen molar-refractivity contribution in [2.75, 3.05) is 5.32 Å². The fourth-order valence-corrected chi connectivity index (χ4v) is 2.81. The van der Waals surface area contributed by atoms with Crippen LogP contribution in [0.5, 0.6) is 0 Å². The maximum Gasteiger partial charge on any atom is 0.270 e. The molecule has 0 fully saturated rings. The van der Waals surface area contributed by atoms with Crippen LogP contribution in [0.15, 0.2) is 66.9 Å². The predicted octanol–water partition coefficient (Wildman–Crippen LogP) is 4.63. The number of benzene rings is 2. The summed E-state index contributed by atoms with van der Waals surface area (Å²) in [6, 6.07) is 19.8. The van der Waals surface area contributed by atoms with Crippen LogP contribution in [-0.2, 0) is 13.0 Å². The summed E-state index contributed by atoms with van der Waals surface area (Å²) >= 11 is 0. The number of nitrogens with zero attached hydrogens (tertiary/aromatic N) is 1. The monoisotopic (exact) mass is 345 g/mol. The second kappa shape index (κ2) is 8.30. The Kier molecular flexibility index (Phi) is 5.64. The van der Waals surface area contributed by atoms with Crippen LogP contribution in [0.1, 0.15) is 34.1 Å². The van der Waals surface area contributed by atoms with Crippen molar-refractivity contribution in [1.29, 1.82) is 0 Å². The van der Waals surface area contributed by atoms with Gasteiger partial charge in [0.25, 0.3) is 5.91 Å². The molecule has 0 aliphatic rings. The molecule has 0 unspecified atom stereocenters. The van der Waals surface area contributed by atoms with E-state index in [0.29, 0.717) is 12.2 Å². The number of anilines is 2. The number of hydrogen-bond donors (Lipinski definition) is 2. The summed E-state index contributed by atoms with van der Waals surface area (Å²) in [5.74, 6) is -0.180. The Morgan fingerprint density at radius 1 is 1.00 bits per heavy atom. The summed E-state index contributed by atoms with van der Waals surface area (Å²) in [5, 5.41) is 6.32. The smallest absolute Gasteiger partial charge is 0.270 e. The van der Waals surface area contributed by atoms with Gasteiger partial charge in [0.2, 0.25) is 0 Å². The van der Waals surface area contributed by atoms with Crippen LogP contribution in [-0.4, -0.2) is 10.9 Å². The first kappa shape index (κ1) is 17.7. The van der Waals surface area contributed by atoms with E-state index < -0.39 is 0 Å². The minimum atomic E-state index is -0.180. The molecule has 2 N–H and O–H groups in total. The zero-order chi connectivity index (χ0) is 18.4. The van der Waals surface area contributed by atoms with Gasteiger partial charge in [-0.25, -0.2) is 0 Å². The summed E-state index contributed by atoms with van der Waals surface area (Å²) in [6.45, 7) is 4.65. The van der Waals surface area contributed by atoms with Gasteiger partial charge < -0.3 is 10.6 Å². The molecule has 1 aromatic heterocycles. The highest BCUT2D eigenvalue weighted by Gasteiger charge is 2.09. The number of hydrogen-bond acceptors (Lipinski definition) is 3. The molecule has 2 aromatic carbocycles. The maximum absolute atomic E-state index is 12.5. The first-order chi connectivity index (χ1) is 12.7. The molecule has 0 bridgehead atoms. The van der Waals surface area contributed by atoms with E-state index >= 15 is 0 Å². The van der Waals surface area contributed by atoms with Crippen molar-refractivity contribution in [3.8, 4) is 0 Å². The Morgan fingerprint density at radius 3 is 2.50 bits per heavy atom. The number of carbonyl (C=O) groups excluding carboxylic acids is 1. The molecule has 3 rings (SSSR count). The van der Waals surface area contributed by atoms with Gasteiger partial charge in [0, 0.05) is 24.1 Å². The van der Waals surface area contributed by atoms with Gasteiger partial charge in [-0.1, -0.05) is 49.4 Å². The second-order valence-electron chi connectivity index (χ2n) is 6.17. The lowest BCUT2D eigenvalue weighted by molar-refractivity contribution is 0.0946. The van der Waals surface area contributed by atoms with Crippen LogP contribution in [0.25, 0.3) is 0 Å². The molecule has 0 aliphatic carbocycles. The van der Waals surface area contributed by atoms with E-state index in [2.05, 4.69) is 28.6 Å². The highest BCUT2D eigenvalue weighted by molar-refractivity contribution is 5.93. The molecule has 1 heterocycles. The van der Waals surface area contributed by atoms with Gasteiger partial charge in [-0.15, -0.1) is 0 Å². The zero-order valence-electron chi connectivity index (χ0n) is 15.1. The number of amides is 1. The summed E-state index contributed by atoms with van der Waals surface area (Å²) in [5.41, 5.74) is 5.79. The number of aryl methyl sites for hydroxylation is 2. The third-order valence-electron chi connectivity index (χ3n) is 4.37. The van der Waals surface area contributed by atoms with Crippen LogP contribution in [0, 0.1) is 6.92 Å². The third-order valence-corrected chi connectivity index (χ3v) is 4.37. The average Bonchev–Trinajstić information content (AvgIpc) is 2.68. The van der Waals surface area contributed by atoms with Gasteiger partial charge in [-0.05, 0) is 48.2 Å². The van der Waals surface area contributed by atoms with E-state index in [9.17, 15) is 4.79 Å². The Balaban J connectivity index is 1.70. The molecule has 4 heteroatoms. The lowest BCUT2D eigenvalue weighted by Crippen LogP contribution is -2.24. The van der Waals surface area contributed by atoms with Crippen molar-refractivity contribution >= 4 is 17.3 Å². The summed E-state index contributed by atoms with van der Waals surface area (Å²) in [6.07, 6.45) is 2.59. The van der Waals surface area contributed by atoms with E-state index in [1.54, 1.807) is 12.3 Å². The molecule has 3 aromatic rings. The standard InChI is InChI=1S/C22H23N3O/c1-3-17-9-6-7-11-20(17)25-19-12-13-23-21(14-19)22(26)24-15-18-10-5-4-8-16(18)2/h4-14H,3,15H2,1-2H3,(H,23,25)(H,24,26). The summed E-state index contributed by atoms with van der Waals surface area (Å²) < 4.78 is 0. The predicted molar refractivity (Wildman–Crippen MR) is 106 cm³/mol. The first-order valence-electron chi connectivity index (χ1n) is 8.81. The lowest BCUT2D eigenvalue weighted by atomic mass is 10.1. The molecule has 0 radical (unpaired) electrons. The van der Waals surface area contributed by atoms with E-state index in [0.717, 1.165) is 28.9 Å². The zero-order valence-corrected chi connectivity index (χ0v) is 15.1. The molecule has 132 valence electrons. The third kappa shape index (κ3) is 4.28. The molecule has 26 heavy (non-hydrogen) atoms. The minimum absolute atomic E-state index is 0.180. The van der Waals surface area contributed by atoms with Gasteiger partial charge in [-0.2, -0.15) is 0 Å². The Labute approximate surface area is 154 Å². The maximum atomic E-state index is 12.5. The largest absolute Gasteiger partial charge is 0.355 e. The van der Waals surface area contributed by atoms with Crippen LogP contribution >= 0.6 is 0 Å². The number of carbonyl (C=O) groups is 1. The van der Waals surface area contributed by atoms with Gasteiger partial charge in [0.05, 0.1) is 0 Å². The van der Waals surface area contributed by atoms with E-state index in [-0.39, 0.29) is 5.91 Å². The van der Waals surface area contributed by atoms with Crippen LogP contribution < -0.4 is 10.6 Å². The summed E-state index contributed by atoms with van der Waals surface area (Å²) in [7, 11) is 0. The Morgan fingerprint density at radius 2 is 1.73 bits per heavy atom. The molecule has 4 nitrogen and oxygen atoms in total. The van der Waals surface area contributed by atoms with E-state index in [1.165, 1.54) is 5.56 Å². The molecule has 0 atom stereocenters. The molecule has 0 spiro atoms. The minimum Gasteiger partial charge on any atom is -0.355 e. The van der Waals surface area contributed by atoms with E-state index in [1.807, 2.05) is 55.5 Å². The molecule has 1 amide bonds. The van der Waals surface area contributed by atoms with Crippen LogP contribution in [0.2, 0.25) is 0 Å². The number of nitrogens with one attached hydrogen (secondary N) is 2. The average molecular weight is 345 g/mol. The molecule has 0 saturated carbocycles. The van der Waals surface area contributed by atoms with Crippen molar-refractivity contribution in [3.05, 3.63) is 89.2 Å². The molecule has 0 aliphatic heterocycles. The van der Waals surface area contributed by atoms with Gasteiger partial charge in [-0.3, -0.25) is 9.78 Å².